The number of pyridine rings is 1. The smallest absolute Gasteiger partial charge is 0.106 e. The molecule has 0 atom stereocenters. The molecule has 1 heterocycles. The molecule has 0 unspecified atom stereocenters. The number of rotatable bonds is 2. The number of hydrogen-bond donors (Lipinski definition) is 1. The Labute approximate surface area is 112 Å². The van der Waals surface area contributed by atoms with Crippen LogP contribution in [0.3, 0.4) is 0 Å². The molecule has 1 aliphatic carbocycles. The van der Waals surface area contributed by atoms with Crippen molar-refractivity contribution in [1.29, 1.82) is 0 Å². The average Bonchev–Trinajstić information content (AvgIpc) is 2.25. The molecule has 0 bridgehead atoms. The Bertz CT molecular complexity index is 357. The van der Waals surface area contributed by atoms with Crippen LogP contribution >= 0.6 is 15.9 Å². The van der Waals surface area contributed by atoms with Gasteiger partial charge in [0.1, 0.15) is 4.60 Å². The van der Waals surface area contributed by atoms with Gasteiger partial charge in [0, 0.05) is 6.04 Å². The Morgan fingerprint density at radius 3 is 2.41 bits per heavy atom. The van der Waals surface area contributed by atoms with E-state index in [0.717, 1.165) is 10.3 Å². The molecule has 1 saturated carbocycles. The van der Waals surface area contributed by atoms with Crippen LogP contribution in [0.5, 0.6) is 0 Å². The van der Waals surface area contributed by atoms with Crippen molar-refractivity contribution in [1.82, 2.24) is 4.98 Å². The van der Waals surface area contributed by atoms with Crippen molar-refractivity contribution in [3.63, 3.8) is 0 Å². The molecule has 0 amide bonds. The van der Waals surface area contributed by atoms with Crippen molar-refractivity contribution >= 4 is 21.6 Å². The minimum Gasteiger partial charge on any atom is -0.381 e. The van der Waals surface area contributed by atoms with Gasteiger partial charge >= 0.3 is 0 Å². The summed E-state index contributed by atoms with van der Waals surface area (Å²) in [5.74, 6) is 0. The highest BCUT2D eigenvalue weighted by Gasteiger charge is 2.12. The summed E-state index contributed by atoms with van der Waals surface area (Å²) < 4.78 is 0.915. The monoisotopic (exact) mass is 296 g/mol. The molecule has 0 aromatic carbocycles. The number of halogens is 1. The zero-order valence-corrected chi connectivity index (χ0v) is 12.1. The zero-order valence-electron chi connectivity index (χ0n) is 10.5. The Balaban J connectivity index is 1.98. The van der Waals surface area contributed by atoms with Crippen LogP contribution < -0.4 is 5.32 Å². The van der Waals surface area contributed by atoms with Crippen LogP contribution in [-0.4, -0.2) is 11.0 Å². The van der Waals surface area contributed by atoms with E-state index in [1.54, 1.807) is 0 Å². The highest BCUT2D eigenvalue weighted by molar-refractivity contribution is 9.10. The van der Waals surface area contributed by atoms with E-state index >= 15 is 0 Å². The number of nitrogens with zero attached hydrogens (tertiary/aromatic N) is 1. The third kappa shape index (κ3) is 3.98. The lowest BCUT2D eigenvalue weighted by molar-refractivity contribution is 0.471. The average molecular weight is 297 g/mol. The van der Waals surface area contributed by atoms with Crippen LogP contribution in [0, 0.1) is 6.92 Å². The van der Waals surface area contributed by atoms with Crippen molar-refractivity contribution in [3.8, 4) is 0 Å². The Kier molecular flexibility index (Phi) is 4.84. The number of nitrogens with one attached hydrogen (secondary N) is 1. The number of aryl methyl sites for hydroxylation is 1. The van der Waals surface area contributed by atoms with Gasteiger partial charge in [-0.1, -0.05) is 32.1 Å². The summed E-state index contributed by atoms with van der Waals surface area (Å²) in [5.41, 5.74) is 2.28. The van der Waals surface area contributed by atoms with Crippen LogP contribution in [0.1, 0.15) is 50.6 Å². The van der Waals surface area contributed by atoms with Gasteiger partial charge in [0.05, 0.1) is 11.4 Å². The van der Waals surface area contributed by atoms with Crippen molar-refractivity contribution in [3.05, 3.63) is 22.4 Å². The van der Waals surface area contributed by atoms with Crippen LogP contribution in [0.15, 0.2) is 16.7 Å². The molecule has 94 valence electrons. The summed E-state index contributed by atoms with van der Waals surface area (Å²) in [6.07, 6.45) is 9.55. The van der Waals surface area contributed by atoms with Crippen molar-refractivity contribution < 1.29 is 0 Å². The van der Waals surface area contributed by atoms with E-state index in [4.69, 9.17) is 0 Å². The van der Waals surface area contributed by atoms with Gasteiger partial charge in [-0.15, -0.1) is 0 Å². The maximum atomic E-state index is 4.44. The normalized spacial score (nSPS) is 18.5. The van der Waals surface area contributed by atoms with Crippen molar-refractivity contribution in [2.24, 2.45) is 0 Å². The van der Waals surface area contributed by atoms with Crippen LogP contribution in [-0.2, 0) is 0 Å². The molecule has 1 aromatic heterocycles. The van der Waals surface area contributed by atoms with Gasteiger partial charge in [0.25, 0.3) is 0 Å². The first kappa shape index (κ1) is 12.9. The first-order valence-corrected chi connectivity index (χ1v) is 7.45. The Morgan fingerprint density at radius 2 is 1.76 bits per heavy atom. The molecule has 1 aliphatic rings. The summed E-state index contributed by atoms with van der Waals surface area (Å²) in [5, 5.41) is 3.66. The fraction of sp³-hybridized carbons (Fsp3) is 0.643. The van der Waals surface area contributed by atoms with Crippen LogP contribution in [0.4, 0.5) is 5.69 Å². The van der Waals surface area contributed by atoms with Gasteiger partial charge in [-0.25, -0.2) is 4.98 Å². The van der Waals surface area contributed by atoms with Gasteiger partial charge in [-0.2, -0.15) is 0 Å². The maximum absolute atomic E-state index is 4.44. The first-order valence-electron chi connectivity index (χ1n) is 6.65. The Hall–Kier alpha value is -0.570. The maximum Gasteiger partial charge on any atom is 0.106 e. The van der Waals surface area contributed by atoms with E-state index in [1.807, 2.05) is 6.07 Å². The molecule has 1 N–H and O–H groups in total. The van der Waals surface area contributed by atoms with Gasteiger partial charge < -0.3 is 5.32 Å². The molecule has 0 saturated heterocycles. The lowest BCUT2D eigenvalue weighted by atomic mass is 9.96. The highest BCUT2D eigenvalue weighted by Crippen LogP contribution is 2.23. The Morgan fingerprint density at radius 1 is 1.12 bits per heavy atom. The molecule has 2 rings (SSSR count). The van der Waals surface area contributed by atoms with Crippen molar-refractivity contribution in [2.45, 2.75) is 57.9 Å². The standard InChI is InChI=1S/C14H21BrN2/c1-11-13(9-10-14(15)16-11)17-12-7-5-3-2-4-6-8-12/h9-10,12,17H,2-8H2,1H3. The zero-order chi connectivity index (χ0) is 12.1. The molecule has 1 fully saturated rings. The minimum absolute atomic E-state index is 0.636. The van der Waals surface area contributed by atoms with E-state index in [2.05, 4.69) is 39.2 Å². The third-order valence-corrected chi connectivity index (χ3v) is 3.96. The predicted octanol–water partition coefficient (Wildman–Crippen LogP) is 4.68. The fourth-order valence-electron chi connectivity index (χ4n) is 2.50. The highest BCUT2D eigenvalue weighted by atomic mass is 79.9. The summed E-state index contributed by atoms with van der Waals surface area (Å²) in [6, 6.07) is 4.78. The van der Waals surface area contributed by atoms with Gasteiger partial charge in [0.15, 0.2) is 0 Å². The molecule has 0 aliphatic heterocycles. The van der Waals surface area contributed by atoms with Gasteiger partial charge in [-0.05, 0) is 47.8 Å². The quantitative estimate of drug-likeness (QED) is 0.802. The van der Waals surface area contributed by atoms with Crippen LogP contribution in [0.2, 0.25) is 0 Å². The fourth-order valence-corrected chi connectivity index (χ4v) is 2.90. The minimum atomic E-state index is 0.636. The number of anilines is 1. The van der Waals surface area contributed by atoms with Crippen molar-refractivity contribution in [2.75, 3.05) is 5.32 Å². The van der Waals surface area contributed by atoms with E-state index in [-0.39, 0.29) is 0 Å². The first-order chi connectivity index (χ1) is 8.25. The SMILES string of the molecule is Cc1nc(Br)ccc1NC1CCCCCCC1. The number of aromatic nitrogens is 1. The van der Waals surface area contributed by atoms with E-state index in [0.29, 0.717) is 6.04 Å². The lowest BCUT2D eigenvalue weighted by Gasteiger charge is -2.22. The molecule has 17 heavy (non-hydrogen) atoms. The second-order valence-electron chi connectivity index (χ2n) is 4.95. The molecular formula is C14H21BrN2. The van der Waals surface area contributed by atoms with E-state index in [1.165, 1.54) is 50.6 Å². The molecule has 1 aromatic rings. The molecular weight excluding hydrogens is 276 g/mol. The summed E-state index contributed by atoms with van der Waals surface area (Å²) >= 11 is 3.41. The predicted molar refractivity (Wildman–Crippen MR) is 76.4 cm³/mol. The van der Waals surface area contributed by atoms with E-state index < -0.39 is 0 Å². The summed E-state index contributed by atoms with van der Waals surface area (Å²) in [7, 11) is 0. The molecule has 0 spiro atoms. The second-order valence-corrected chi connectivity index (χ2v) is 5.77. The van der Waals surface area contributed by atoms with Gasteiger partial charge in [-0.3, -0.25) is 0 Å². The lowest BCUT2D eigenvalue weighted by Crippen LogP contribution is -2.21. The molecule has 3 heteroatoms. The molecule has 2 nitrogen and oxygen atoms in total. The second kappa shape index (κ2) is 6.39. The number of hydrogen-bond acceptors (Lipinski definition) is 2. The molecule has 0 radical (unpaired) electrons. The van der Waals surface area contributed by atoms with E-state index in [9.17, 15) is 0 Å². The van der Waals surface area contributed by atoms with Crippen LogP contribution in [0.25, 0.3) is 0 Å². The van der Waals surface area contributed by atoms with Gasteiger partial charge in [0.2, 0.25) is 0 Å². The summed E-state index contributed by atoms with van der Waals surface area (Å²) in [6.45, 7) is 2.07. The third-order valence-electron chi connectivity index (χ3n) is 3.52. The summed E-state index contributed by atoms with van der Waals surface area (Å²) in [4.78, 5) is 4.44. The largest absolute Gasteiger partial charge is 0.381 e. The topological polar surface area (TPSA) is 24.9 Å².